The number of hydrogen-bond donors (Lipinski definition) is 0. The van der Waals surface area contributed by atoms with E-state index < -0.39 is 0 Å². The Hall–Kier alpha value is -3.06. The molecule has 0 aliphatic rings. The number of hydrogen-bond acceptors (Lipinski definition) is 4. The van der Waals surface area contributed by atoms with E-state index in [1.807, 2.05) is 60.7 Å². The second-order valence-electron chi connectivity index (χ2n) is 5.33. The summed E-state index contributed by atoms with van der Waals surface area (Å²) in [6.07, 6.45) is 3.28. The number of rotatable bonds is 3. The average molecular weight is 494 g/mol. The number of nitriles is 2. The quantitative estimate of drug-likeness (QED) is 0.393. The highest BCUT2D eigenvalue weighted by Crippen LogP contribution is 2.31. The van der Waals surface area contributed by atoms with Gasteiger partial charge in [0.2, 0.25) is 0 Å². The number of halogens is 2. The van der Waals surface area contributed by atoms with Crippen molar-refractivity contribution < 1.29 is 0 Å². The van der Waals surface area contributed by atoms with Crippen molar-refractivity contribution in [2.45, 2.75) is 0 Å². The highest BCUT2D eigenvalue weighted by atomic mass is 79.9. The lowest BCUT2D eigenvalue weighted by Gasteiger charge is -2.10. The summed E-state index contributed by atoms with van der Waals surface area (Å²) in [7, 11) is 0. The lowest BCUT2D eigenvalue weighted by molar-refractivity contribution is 1.14. The normalized spacial score (nSPS) is 9.29. The van der Waals surface area contributed by atoms with Gasteiger partial charge >= 0.3 is 0 Å². The summed E-state index contributed by atoms with van der Waals surface area (Å²) in [5.74, 6) is 0. The van der Waals surface area contributed by atoms with E-state index in [-0.39, 0.29) is 11.4 Å². The molecule has 0 saturated carbocycles. The van der Waals surface area contributed by atoms with Gasteiger partial charge < -0.3 is 0 Å². The van der Waals surface area contributed by atoms with E-state index in [2.05, 4.69) is 55.0 Å². The minimum absolute atomic E-state index is 0.0243. The fourth-order valence-corrected chi connectivity index (χ4v) is 2.74. The fourth-order valence-electron chi connectivity index (χ4n) is 2.21. The summed E-state index contributed by atoms with van der Waals surface area (Å²) < 4.78 is 1.89. The smallest absolute Gasteiger partial charge is 0.177 e. The largest absolute Gasteiger partial charge is 0.232 e. The molecule has 0 spiro atoms. The highest BCUT2D eigenvalue weighted by molar-refractivity contribution is 9.10. The molecule has 0 radical (unpaired) electrons. The molecule has 1 aromatic heterocycles. The molecule has 0 fully saturated rings. The SMILES string of the molecule is C=CC=C.N#Cc1nc(-c2ccc(Br)cc2)c(-c2ccc(Br)cc2)nc1C#N. The molecule has 28 heavy (non-hydrogen) atoms. The van der Waals surface area contributed by atoms with Crippen molar-refractivity contribution in [1.29, 1.82) is 10.5 Å². The Morgan fingerprint density at radius 1 is 0.679 bits per heavy atom. The molecular weight excluding hydrogens is 480 g/mol. The van der Waals surface area contributed by atoms with Crippen LogP contribution < -0.4 is 0 Å². The van der Waals surface area contributed by atoms with Crippen LogP contribution in [0, 0.1) is 22.7 Å². The van der Waals surface area contributed by atoms with Crippen molar-refractivity contribution in [3.05, 3.63) is 94.2 Å². The molecule has 0 unspecified atom stereocenters. The van der Waals surface area contributed by atoms with Crippen LogP contribution >= 0.6 is 31.9 Å². The Balaban J connectivity index is 0.000000640. The van der Waals surface area contributed by atoms with Crippen LogP contribution in [0.15, 0.2) is 82.8 Å². The zero-order valence-electron chi connectivity index (χ0n) is 14.7. The third-order valence-corrected chi connectivity index (χ3v) is 4.57. The highest BCUT2D eigenvalue weighted by Gasteiger charge is 2.16. The third kappa shape index (κ3) is 5.23. The Morgan fingerprint density at radius 2 is 1.00 bits per heavy atom. The van der Waals surface area contributed by atoms with E-state index in [4.69, 9.17) is 0 Å². The maximum absolute atomic E-state index is 9.25. The predicted molar refractivity (Wildman–Crippen MR) is 118 cm³/mol. The first-order valence-electron chi connectivity index (χ1n) is 8.01. The standard InChI is InChI=1S/C18H8Br2N4.C4H6/c19-13-5-1-11(2-6-13)17-18(12-3-7-14(20)8-4-12)24-16(10-22)15(9-21)23-17;1-3-4-2/h1-8H;3-4H,1-2H2. The maximum Gasteiger partial charge on any atom is 0.177 e. The third-order valence-electron chi connectivity index (χ3n) is 3.51. The number of allylic oxidation sites excluding steroid dienone is 2. The molecule has 0 saturated heterocycles. The minimum atomic E-state index is 0.0243. The van der Waals surface area contributed by atoms with Crippen molar-refractivity contribution in [3.63, 3.8) is 0 Å². The van der Waals surface area contributed by atoms with Crippen molar-refractivity contribution in [1.82, 2.24) is 9.97 Å². The molecule has 0 aliphatic heterocycles. The molecule has 3 aromatic rings. The van der Waals surface area contributed by atoms with E-state index >= 15 is 0 Å². The van der Waals surface area contributed by atoms with Gasteiger partial charge in [0.15, 0.2) is 11.4 Å². The topological polar surface area (TPSA) is 73.4 Å². The molecule has 1 heterocycles. The first-order valence-corrected chi connectivity index (χ1v) is 9.60. The lowest BCUT2D eigenvalue weighted by atomic mass is 10.0. The number of nitrogens with zero attached hydrogens (tertiary/aromatic N) is 4. The Labute approximate surface area is 180 Å². The molecule has 0 bridgehead atoms. The molecular formula is C22H14Br2N4. The molecule has 0 N–H and O–H groups in total. The van der Waals surface area contributed by atoms with Gasteiger partial charge in [-0.3, -0.25) is 0 Å². The molecule has 4 nitrogen and oxygen atoms in total. The summed E-state index contributed by atoms with van der Waals surface area (Å²) in [4.78, 5) is 8.78. The Kier molecular flexibility index (Phi) is 7.83. The molecule has 6 heteroatoms. The van der Waals surface area contributed by atoms with E-state index in [0.29, 0.717) is 11.4 Å². The second-order valence-corrected chi connectivity index (χ2v) is 7.16. The van der Waals surface area contributed by atoms with Gasteiger partial charge in [-0.25, -0.2) is 9.97 Å². The summed E-state index contributed by atoms with van der Waals surface area (Å²) in [6, 6.07) is 19.0. The van der Waals surface area contributed by atoms with Crippen LogP contribution in [0.5, 0.6) is 0 Å². The van der Waals surface area contributed by atoms with E-state index in [0.717, 1.165) is 20.1 Å². The molecule has 0 aliphatic carbocycles. The van der Waals surface area contributed by atoms with E-state index in [9.17, 15) is 10.5 Å². The van der Waals surface area contributed by atoms with Crippen LogP contribution in [0.2, 0.25) is 0 Å². The molecule has 0 atom stereocenters. The Morgan fingerprint density at radius 3 is 1.25 bits per heavy atom. The van der Waals surface area contributed by atoms with Crippen LogP contribution in [0.1, 0.15) is 11.4 Å². The van der Waals surface area contributed by atoms with Gasteiger partial charge in [0, 0.05) is 20.1 Å². The van der Waals surface area contributed by atoms with Gasteiger partial charge in [0.1, 0.15) is 12.1 Å². The van der Waals surface area contributed by atoms with Crippen molar-refractivity contribution >= 4 is 31.9 Å². The summed E-state index contributed by atoms with van der Waals surface area (Å²) in [6.45, 7) is 6.72. The van der Waals surface area contributed by atoms with Crippen LogP contribution in [0.4, 0.5) is 0 Å². The predicted octanol–water partition coefficient (Wildman–Crippen LogP) is 6.44. The molecule has 3 rings (SSSR count). The van der Waals surface area contributed by atoms with Crippen LogP contribution in [0.3, 0.4) is 0 Å². The molecule has 0 amide bonds. The van der Waals surface area contributed by atoms with Crippen LogP contribution in [0.25, 0.3) is 22.5 Å². The number of aromatic nitrogens is 2. The summed E-state index contributed by atoms with van der Waals surface area (Å²) >= 11 is 6.81. The van der Waals surface area contributed by atoms with Crippen molar-refractivity contribution in [2.75, 3.05) is 0 Å². The van der Waals surface area contributed by atoms with Gasteiger partial charge in [-0.1, -0.05) is 81.4 Å². The maximum atomic E-state index is 9.25. The average Bonchev–Trinajstić information content (AvgIpc) is 2.74. The van der Waals surface area contributed by atoms with Gasteiger partial charge in [0.05, 0.1) is 11.4 Å². The van der Waals surface area contributed by atoms with Crippen molar-refractivity contribution in [3.8, 4) is 34.7 Å². The van der Waals surface area contributed by atoms with Gasteiger partial charge in [0.25, 0.3) is 0 Å². The summed E-state index contributed by atoms with van der Waals surface area (Å²) in [5, 5.41) is 18.5. The zero-order chi connectivity index (χ0) is 20.5. The second kappa shape index (κ2) is 10.3. The van der Waals surface area contributed by atoms with Crippen LogP contribution in [-0.4, -0.2) is 9.97 Å². The zero-order valence-corrected chi connectivity index (χ0v) is 17.9. The number of benzene rings is 2. The molecule has 2 aromatic carbocycles. The van der Waals surface area contributed by atoms with Gasteiger partial charge in [-0.05, 0) is 24.3 Å². The lowest BCUT2D eigenvalue weighted by Crippen LogP contribution is -2.01. The molecule has 136 valence electrons. The van der Waals surface area contributed by atoms with E-state index in [1.54, 1.807) is 12.2 Å². The van der Waals surface area contributed by atoms with Gasteiger partial charge in [-0.15, -0.1) is 0 Å². The summed E-state index contributed by atoms with van der Waals surface area (Å²) in [5.41, 5.74) is 2.84. The first-order chi connectivity index (χ1) is 13.5. The fraction of sp³-hybridized carbons (Fsp3) is 0. The monoisotopic (exact) mass is 492 g/mol. The first kappa shape index (κ1) is 21.2. The van der Waals surface area contributed by atoms with Crippen LogP contribution in [-0.2, 0) is 0 Å². The van der Waals surface area contributed by atoms with Crippen molar-refractivity contribution in [2.24, 2.45) is 0 Å². The van der Waals surface area contributed by atoms with Gasteiger partial charge in [-0.2, -0.15) is 10.5 Å². The minimum Gasteiger partial charge on any atom is -0.232 e. The Bertz CT molecular complexity index is 985. The van der Waals surface area contributed by atoms with E-state index in [1.165, 1.54) is 0 Å².